The van der Waals surface area contributed by atoms with E-state index < -0.39 is 29.3 Å². The SMILES string of the molecule is COc1cc(Cl)cc2cc(C(=O)C3=C(O)C(=O)N(c4cccc(Cl)c4)C3c3ccc(F)cc3)oc12. The first-order chi connectivity index (χ1) is 16.8. The van der Waals surface area contributed by atoms with Gasteiger partial charge in [0.2, 0.25) is 5.78 Å². The van der Waals surface area contributed by atoms with Gasteiger partial charge in [0.1, 0.15) is 5.82 Å². The van der Waals surface area contributed by atoms with Gasteiger partial charge in [-0.2, -0.15) is 0 Å². The van der Waals surface area contributed by atoms with Gasteiger partial charge in [-0.1, -0.05) is 41.4 Å². The fourth-order valence-electron chi connectivity index (χ4n) is 4.17. The van der Waals surface area contributed by atoms with Gasteiger partial charge in [-0.05, 0) is 48.0 Å². The number of halogens is 3. The molecule has 1 amide bonds. The van der Waals surface area contributed by atoms with E-state index in [1.807, 2.05) is 0 Å². The Balaban J connectivity index is 1.67. The number of ether oxygens (including phenoxy) is 1. The highest BCUT2D eigenvalue weighted by atomic mass is 35.5. The third-order valence-electron chi connectivity index (χ3n) is 5.72. The molecule has 176 valence electrons. The summed E-state index contributed by atoms with van der Waals surface area (Å²) in [6.45, 7) is 0. The molecule has 0 saturated carbocycles. The second kappa shape index (κ2) is 8.76. The predicted octanol–water partition coefficient (Wildman–Crippen LogP) is 6.67. The highest BCUT2D eigenvalue weighted by molar-refractivity contribution is 6.32. The molecule has 0 bridgehead atoms. The molecule has 6 nitrogen and oxygen atoms in total. The van der Waals surface area contributed by atoms with Crippen LogP contribution in [0.1, 0.15) is 22.2 Å². The maximum atomic E-state index is 13.7. The molecule has 1 aliphatic rings. The van der Waals surface area contributed by atoms with Gasteiger partial charge in [-0.15, -0.1) is 0 Å². The van der Waals surface area contributed by atoms with Gasteiger partial charge in [-0.25, -0.2) is 4.39 Å². The summed E-state index contributed by atoms with van der Waals surface area (Å²) in [5, 5.41) is 12.1. The van der Waals surface area contributed by atoms with Crippen LogP contribution in [0.5, 0.6) is 5.75 Å². The molecule has 1 unspecified atom stereocenters. The molecule has 0 saturated heterocycles. The first kappa shape index (κ1) is 23.0. The zero-order chi connectivity index (χ0) is 24.9. The van der Waals surface area contributed by atoms with Crippen LogP contribution in [0.4, 0.5) is 10.1 Å². The van der Waals surface area contributed by atoms with Gasteiger partial charge in [0.05, 0.1) is 18.7 Å². The number of methoxy groups -OCH3 is 1. The zero-order valence-corrected chi connectivity index (χ0v) is 19.6. The van der Waals surface area contributed by atoms with Crippen molar-refractivity contribution in [2.75, 3.05) is 12.0 Å². The van der Waals surface area contributed by atoms with Crippen LogP contribution in [0.15, 0.2) is 82.5 Å². The number of aliphatic hydroxyl groups is 1. The molecule has 1 atom stereocenters. The molecule has 0 spiro atoms. The van der Waals surface area contributed by atoms with E-state index in [1.165, 1.54) is 48.4 Å². The molecule has 1 aromatic heterocycles. The molecule has 3 aromatic carbocycles. The second-order valence-corrected chi connectivity index (χ2v) is 8.71. The van der Waals surface area contributed by atoms with Crippen molar-refractivity contribution in [3.63, 3.8) is 0 Å². The lowest BCUT2D eigenvalue weighted by molar-refractivity contribution is -0.117. The van der Waals surface area contributed by atoms with Crippen molar-refractivity contribution < 1.29 is 28.2 Å². The highest BCUT2D eigenvalue weighted by Crippen LogP contribution is 2.43. The molecule has 35 heavy (non-hydrogen) atoms. The lowest BCUT2D eigenvalue weighted by Crippen LogP contribution is -2.31. The average molecular weight is 512 g/mol. The summed E-state index contributed by atoms with van der Waals surface area (Å²) >= 11 is 12.3. The van der Waals surface area contributed by atoms with Crippen LogP contribution < -0.4 is 9.64 Å². The van der Waals surface area contributed by atoms with Crippen LogP contribution in [0.25, 0.3) is 11.0 Å². The van der Waals surface area contributed by atoms with Gasteiger partial charge in [-0.3, -0.25) is 14.5 Å². The lowest BCUT2D eigenvalue weighted by atomic mass is 9.94. The Morgan fingerprint density at radius 1 is 1.06 bits per heavy atom. The van der Waals surface area contributed by atoms with Crippen molar-refractivity contribution in [1.29, 1.82) is 0 Å². The Bertz CT molecular complexity index is 1530. The third kappa shape index (κ3) is 3.92. The minimum absolute atomic E-state index is 0.130. The van der Waals surface area contributed by atoms with Crippen molar-refractivity contribution in [3.05, 3.63) is 105 Å². The third-order valence-corrected chi connectivity index (χ3v) is 6.17. The summed E-state index contributed by atoms with van der Waals surface area (Å²) in [5.41, 5.74) is 0.827. The summed E-state index contributed by atoms with van der Waals surface area (Å²) in [4.78, 5) is 28.1. The zero-order valence-electron chi connectivity index (χ0n) is 18.1. The molecule has 4 aromatic rings. The van der Waals surface area contributed by atoms with Gasteiger partial charge < -0.3 is 14.3 Å². The first-order valence-electron chi connectivity index (χ1n) is 10.4. The van der Waals surface area contributed by atoms with E-state index >= 15 is 0 Å². The Morgan fingerprint density at radius 2 is 1.80 bits per heavy atom. The normalized spacial score (nSPS) is 15.8. The number of carbonyl (C=O) groups excluding carboxylic acids is 2. The van der Waals surface area contributed by atoms with Gasteiger partial charge in [0, 0.05) is 27.2 Å². The number of anilines is 1. The van der Waals surface area contributed by atoms with E-state index in [1.54, 1.807) is 30.3 Å². The van der Waals surface area contributed by atoms with Gasteiger partial charge >= 0.3 is 0 Å². The van der Waals surface area contributed by atoms with Gasteiger partial charge in [0.15, 0.2) is 22.9 Å². The van der Waals surface area contributed by atoms with Crippen LogP contribution >= 0.6 is 23.2 Å². The van der Waals surface area contributed by atoms with E-state index in [2.05, 4.69) is 0 Å². The van der Waals surface area contributed by atoms with Crippen LogP contribution in [-0.4, -0.2) is 23.9 Å². The van der Waals surface area contributed by atoms with Crippen molar-refractivity contribution >= 4 is 51.5 Å². The standard InChI is InChI=1S/C26H16Cl2FNO5/c1-34-20-12-16(28)9-14-10-19(35-25(14)20)23(31)21-22(13-5-7-17(29)8-6-13)30(26(33)24(21)32)18-4-2-3-15(27)11-18/h2-12,22,32H,1H3. The number of ketones is 1. The molecule has 9 heteroatoms. The maximum absolute atomic E-state index is 13.7. The van der Waals surface area contributed by atoms with Crippen LogP contribution in [0.2, 0.25) is 10.0 Å². The molecular formula is C26H16Cl2FNO5. The topological polar surface area (TPSA) is 80.0 Å². The van der Waals surface area contributed by atoms with Crippen molar-refractivity contribution in [3.8, 4) is 5.75 Å². The number of fused-ring (bicyclic) bond motifs is 1. The quantitative estimate of drug-likeness (QED) is 0.302. The number of amides is 1. The van der Waals surface area contributed by atoms with Crippen LogP contribution in [0.3, 0.4) is 0 Å². The summed E-state index contributed by atoms with van der Waals surface area (Å²) in [5.74, 6) is -2.56. The predicted molar refractivity (Wildman–Crippen MR) is 130 cm³/mol. The number of furan rings is 1. The second-order valence-electron chi connectivity index (χ2n) is 7.84. The molecule has 1 aliphatic heterocycles. The van der Waals surface area contributed by atoms with Crippen molar-refractivity contribution in [1.82, 2.24) is 0 Å². The number of aliphatic hydroxyl groups excluding tert-OH is 1. The lowest BCUT2D eigenvalue weighted by Gasteiger charge is -2.27. The minimum atomic E-state index is -1.06. The van der Waals surface area contributed by atoms with E-state index in [0.717, 1.165) is 0 Å². The van der Waals surface area contributed by atoms with Crippen molar-refractivity contribution in [2.45, 2.75) is 6.04 Å². The number of hydrogen-bond acceptors (Lipinski definition) is 5. The number of hydrogen-bond donors (Lipinski definition) is 1. The van der Waals surface area contributed by atoms with E-state index in [9.17, 15) is 19.1 Å². The summed E-state index contributed by atoms with van der Waals surface area (Å²) < 4.78 is 24.7. The fourth-order valence-corrected chi connectivity index (χ4v) is 4.57. The summed E-state index contributed by atoms with van der Waals surface area (Å²) in [7, 11) is 1.44. The first-order valence-corrected chi connectivity index (χ1v) is 11.1. The number of nitrogens with zero attached hydrogens (tertiary/aromatic N) is 1. The number of benzene rings is 3. The van der Waals surface area contributed by atoms with Crippen molar-refractivity contribution in [2.24, 2.45) is 0 Å². The number of carbonyl (C=O) groups is 2. The van der Waals surface area contributed by atoms with Crippen LogP contribution in [-0.2, 0) is 4.79 Å². The maximum Gasteiger partial charge on any atom is 0.294 e. The van der Waals surface area contributed by atoms with E-state index in [-0.39, 0.29) is 16.9 Å². The molecule has 0 aliphatic carbocycles. The summed E-state index contributed by atoms with van der Waals surface area (Å²) in [6.07, 6.45) is 0. The molecule has 0 fully saturated rings. The van der Waals surface area contributed by atoms with Gasteiger partial charge in [0.25, 0.3) is 5.91 Å². The Morgan fingerprint density at radius 3 is 2.49 bits per heavy atom. The smallest absolute Gasteiger partial charge is 0.294 e. The van der Waals surface area contributed by atoms with Crippen LogP contribution in [0, 0.1) is 5.82 Å². The fraction of sp³-hybridized carbons (Fsp3) is 0.0769. The number of Topliss-reactive ketones (excluding diaryl/α,β-unsaturated/α-hetero) is 1. The highest BCUT2D eigenvalue weighted by Gasteiger charge is 2.45. The average Bonchev–Trinajstić information content (AvgIpc) is 3.37. The Labute approximate surface area is 208 Å². The summed E-state index contributed by atoms with van der Waals surface area (Å²) in [6, 6.07) is 15.3. The molecule has 2 heterocycles. The molecular weight excluding hydrogens is 496 g/mol. The molecule has 5 rings (SSSR count). The van der Waals surface area contributed by atoms with E-state index in [0.29, 0.717) is 32.4 Å². The monoisotopic (exact) mass is 511 g/mol. The Hall–Kier alpha value is -3.81. The molecule has 0 radical (unpaired) electrons. The minimum Gasteiger partial charge on any atom is -0.503 e. The van der Waals surface area contributed by atoms with E-state index in [4.69, 9.17) is 32.4 Å². The largest absolute Gasteiger partial charge is 0.503 e. The Kier molecular flexibility index (Phi) is 5.75. The molecule has 1 N–H and O–H groups in total. The number of rotatable bonds is 5.